The molecule has 1 fully saturated rings. The van der Waals surface area contributed by atoms with Crippen LogP contribution in [0.4, 0.5) is 0 Å². The van der Waals surface area contributed by atoms with Gasteiger partial charge in [-0.1, -0.05) is 0 Å². The summed E-state index contributed by atoms with van der Waals surface area (Å²) in [6.45, 7) is 1.68. The number of hydrogen-bond acceptors (Lipinski definition) is 2. The molecule has 0 bridgehead atoms. The molecule has 44 valence electrons. The lowest BCUT2D eigenvalue weighted by Gasteiger charge is -2.28. The fourth-order valence-electron chi connectivity index (χ4n) is 0.860. The minimum Gasteiger partial charge on any atom is -0.400 e. The van der Waals surface area contributed by atoms with Gasteiger partial charge in [-0.3, -0.25) is 0 Å². The summed E-state index contributed by atoms with van der Waals surface area (Å²) >= 11 is 0. The zero-order chi connectivity index (χ0) is 6.04. The molecule has 8 heavy (non-hydrogen) atoms. The molecule has 2 nitrogen and oxygen atoms in total. The fourth-order valence-corrected chi connectivity index (χ4v) is 0.860. The van der Waals surface area contributed by atoms with Crippen molar-refractivity contribution in [2.45, 2.75) is 18.3 Å². The summed E-state index contributed by atoms with van der Waals surface area (Å²) < 4.78 is 0. The maximum absolute atomic E-state index is 9.11. The van der Waals surface area contributed by atoms with E-state index in [4.69, 9.17) is 13.0 Å². The van der Waals surface area contributed by atoms with Gasteiger partial charge in [0.2, 0.25) is 0 Å². The molecule has 2 radical (unpaired) electrons. The van der Waals surface area contributed by atoms with E-state index in [-0.39, 0.29) is 0 Å². The highest BCUT2D eigenvalue weighted by Crippen LogP contribution is 2.11. The van der Waals surface area contributed by atoms with E-state index in [9.17, 15) is 0 Å². The van der Waals surface area contributed by atoms with Crippen LogP contribution in [-0.2, 0) is 0 Å². The molecular weight excluding hydrogens is 101 g/mol. The third-order valence-corrected chi connectivity index (χ3v) is 1.47. The molecule has 1 heterocycles. The lowest BCUT2D eigenvalue weighted by Crippen LogP contribution is -2.42. The van der Waals surface area contributed by atoms with Crippen molar-refractivity contribution in [3.8, 4) is 0 Å². The summed E-state index contributed by atoms with van der Waals surface area (Å²) in [5, 5.41) is 12.2. The Bertz CT molecular complexity index is 76.5. The highest BCUT2D eigenvalue weighted by Gasteiger charge is 2.21. The van der Waals surface area contributed by atoms with Crippen LogP contribution in [0.3, 0.4) is 0 Å². The third-order valence-electron chi connectivity index (χ3n) is 1.47. The SMILES string of the molecule is [B]C1(O)CCNCC1. The van der Waals surface area contributed by atoms with E-state index in [0.29, 0.717) is 12.8 Å². The topological polar surface area (TPSA) is 32.3 Å². The smallest absolute Gasteiger partial charge is 0.113 e. The van der Waals surface area contributed by atoms with Crippen molar-refractivity contribution in [1.29, 1.82) is 0 Å². The van der Waals surface area contributed by atoms with Crippen LogP contribution in [0.15, 0.2) is 0 Å². The first kappa shape index (κ1) is 6.11. The van der Waals surface area contributed by atoms with Crippen molar-refractivity contribution < 1.29 is 5.11 Å². The first-order valence-electron chi connectivity index (χ1n) is 2.93. The van der Waals surface area contributed by atoms with E-state index in [0.717, 1.165) is 13.1 Å². The second-order valence-corrected chi connectivity index (χ2v) is 2.35. The maximum Gasteiger partial charge on any atom is 0.113 e. The Balaban J connectivity index is 2.33. The lowest BCUT2D eigenvalue weighted by atomic mass is 9.75. The molecule has 1 rings (SSSR count). The van der Waals surface area contributed by atoms with Gasteiger partial charge in [0.25, 0.3) is 0 Å². The Morgan fingerprint density at radius 1 is 1.38 bits per heavy atom. The molecule has 1 aliphatic heterocycles. The summed E-state index contributed by atoms with van der Waals surface area (Å²) in [6.07, 6.45) is 1.35. The molecule has 0 atom stereocenters. The molecular formula is C5H10BNO. The van der Waals surface area contributed by atoms with Crippen molar-refractivity contribution in [3.63, 3.8) is 0 Å². The highest BCUT2D eigenvalue weighted by atomic mass is 16.3. The quantitative estimate of drug-likeness (QED) is 0.402. The maximum atomic E-state index is 9.11. The zero-order valence-corrected chi connectivity index (χ0v) is 4.85. The van der Waals surface area contributed by atoms with Crippen LogP contribution in [0.2, 0.25) is 0 Å². The molecule has 1 aliphatic rings. The van der Waals surface area contributed by atoms with Crippen molar-refractivity contribution in [2.24, 2.45) is 0 Å². The predicted molar refractivity (Wildman–Crippen MR) is 32.8 cm³/mol. The average Bonchev–Trinajstić information content (AvgIpc) is 1.65. The lowest BCUT2D eigenvalue weighted by molar-refractivity contribution is 0.0928. The minimum absolute atomic E-state index is 0.674. The summed E-state index contributed by atoms with van der Waals surface area (Å²) in [6, 6.07) is 0. The van der Waals surface area contributed by atoms with E-state index in [1.165, 1.54) is 0 Å². The van der Waals surface area contributed by atoms with Gasteiger partial charge in [-0.15, -0.1) is 0 Å². The highest BCUT2D eigenvalue weighted by molar-refractivity contribution is 6.14. The zero-order valence-electron chi connectivity index (χ0n) is 4.85. The number of nitrogens with one attached hydrogen (secondary N) is 1. The van der Waals surface area contributed by atoms with Gasteiger partial charge < -0.3 is 10.4 Å². The van der Waals surface area contributed by atoms with E-state index in [2.05, 4.69) is 5.32 Å². The molecule has 0 aromatic heterocycles. The summed E-state index contributed by atoms with van der Waals surface area (Å²) in [5.41, 5.74) is -0.884. The molecule has 0 aromatic carbocycles. The molecule has 0 aliphatic carbocycles. The normalized spacial score (nSPS) is 27.6. The minimum atomic E-state index is -0.884. The number of piperidine rings is 1. The first-order chi connectivity index (χ1) is 3.71. The van der Waals surface area contributed by atoms with E-state index in [1.54, 1.807) is 0 Å². The number of hydrogen-bond donors (Lipinski definition) is 2. The molecule has 0 saturated carbocycles. The second kappa shape index (κ2) is 2.07. The van der Waals surface area contributed by atoms with Gasteiger partial charge >= 0.3 is 0 Å². The Hall–Kier alpha value is -0.0151. The first-order valence-corrected chi connectivity index (χ1v) is 2.93. The summed E-state index contributed by atoms with van der Waals surface area (Å²) in [4.78, 5) is 0. The van der Waals surface area contributed by atoms with Crippen LogP contribution in [-0.4, -0.2) is 31.5 Å². The molecule has 2 N–H and O–H groups in total. The van der Waals surface area contributed by atoms with E-state index in [1.807, 2.05) is 0 Å². The number of aliphatic hydroxyl groups is 1. The van der Waals surface area contributed by atoms with Crippen molar-refractivity contribution in [1.82, 2.24) is 5.32 Å². The van der Waals surface area contributed by atoms with Crippen LogP contribution in [0.1, 0.15) is 12.8 Å². The van der Waals surface area contributed by atoms with Crippen molar-refractivity contribution in [3.05, 3.63) is 0 Å². The van der Waals surface area contributed by atoms with Gasteiger partial charge in [0, 0.05) is 5.50 Å². The molecule has 0 amide bonds. The average molecular weight is 111 g/mol. The van der Waals surface area contributed by atoms with Crippen molar-refractivity contribution >= 4 is 7.85 Å². The van der Waals surface area contributed by atoms with Crippen LogP contribution >= 0.6 is 0 Å². The Kier molecular flexibility index (Phi) is 1.58. The largest absolute Gasteiger partial charge is 0.400 e. The standard InChI is InChI=1S/C5H10BNO/c6-5(8)1-3-7-4-2-5/h7-8H,1-4H2. The summed E-state index contributed by atoms with van der Waals surface area (Å²) in [7, 11) is 5.39. The number of rotatable bonds is 0. The van der Waals surface area contributed by atoms with Gasteiger partial charge in [0.1, 0.15) is 7.85 Å². The van der Waals surface area contributed by atoms with Gasteiger partial charge in [0.15, 0.2) is 0 Å². The van der Waals surface area contributed by atoms with E-state index >= 15 is 0 Å². The Labute approximate surface area is 50.7 Å². The summed E-state index contributed by atoms with van der Waals surface area (Å²) in [5.74, 6) is 0. The fraction of sp³-hybridized carbons (Fsp3) is 1.00. The van der Waals surface area contributed by atoms with E-state index < -0.39 is 5.50 Å². The molecule has 0 unspecified atom stereocenters. The van der Waals surface area contributed by atoms with Crippen LogP contribution in [0.25, 0.3) is 0 Å². The monoisotopic (exact) mass is 111 g/mol. The Morgan fingerprint density at radius 2 is 1.88 bits per heavy atom. The van der Waals surface area contributed by atoms with Crippen LogP contribution < -0.4 is 5.32 Å². The predicted octanol–water partition coefficient (Wildman–Crippen LogP) is -0.773. The van der Waals surface area contributed by atoms with Gasteiger partial charge in [-0.05, 0) is 25.9 Å². The third kappa shape index (κ3) is 1.49. The molecule has 3 heteroatoms. The Morgan fingerprint density at radius 3 is 2.12 bits per heavy atom. The molecule has 1 saturated heterocycles. The molecule has 0 aromatic rings. The van der Waals surface area contributed by atoms with Gasteiger partial charge in [-0.25, -0.2) is 0 Å². The van der Waals surface area contributed by atoms with Crippen molar-refractivity contribution in [2.75, 3.05) is 13.1 Å². The molecule has 0 spiro atoms. The van der Waals surface area contributed by atoms with Gasteiger partial charge in [0.05, 0.1) is 0 Å². The van der Waals surface area contributed by atoms with Crippen LogP contribution in [0, 0.1) is 0 Å². The van der Waals surface area contributed by atoms with Crippen LogP contribution in [0.5, 0.6) is 0 Å². The second-order valence-electron chi connectivity index (χ2n) is 2.35. The van der Waals surface area contributed by atoms with Gasteiger partial charge in [-0.2, -0.15) is 0 Å².